The highest BCUT2D eigenvalue weighted by Gasteiger charge is 2.26. The topological polar surface area (TPSA) is 83.5 Å². The molecule has 2 aromatic rings. The molecule has 0 aromatic heterocycles. The van der Waals surface area contributed by atoms with E-state index in [1.54, 1.807) is 0 Å². The molecule has 1 amide bonds. The third-order valence-electron chi connectivity index (χ3n) is 4.59. The predicted octanol–water partition coefficient (Wildman–Crippen LogP) is 3.21. The Labute approximate surface area is 163 Å². The fourth-order valence-corrected chi connectivity index (χ4v) is 4.54. The zero-order valence-corrected chi connectivity index (χ0v) is 16.0. The maximum atomic E-state index is 12.9. The number of Topliss-reactive ketones (excluding diaryl/α,β-unsaturated/α-hetero) is 1. The maximum absolute atomic E-state index is 12.9. The minimum atomic E-state index is -3.49. The van der Waals surface area contributed by atoms with Crippen molar-refractivity contribution < 1.29 is 22.4 Å². The number of nitrogens with zero attached hydrogens (tertiary/aromatic N) is 1. The summed E-state index contributed by atoms with van der Waals surface area (Å²) in [7, 11) is -3.49. The second-order valence-electron chi connectivity index (χ2n) is 6.61. The number of amides is 1. The van der Waals surface area contributed by atoms with Crippen molar-refractivity contribution in [2.24, 2.45) is 0 Å². The van der Waals surface area contributed by atoms with Crippen LogP contribution in [0.25, 0.3) is 0 Å². The number of hydrogen-bond acceptors (Lipinski definition) is 4. The van der Waals surface area contributed by atoms with Crippen molar-refractivity contribution >= 4 is 27.4 Å². The molecule has 0 unspecified atom stereocenters. The molecule has 1 N–H and O–H groups in total. The van der Waals surface area contributed by atoms with Crippen LogP contribution < -0.4 is 5.32 Å². The van der Waals surface area contributed by atoms with E-state index in [1.165, 1.54) is 52.8 Å². The second-order valence-corrected chi connectivity index (χ2v) is 8.55. The normalized spacial score (nSPS) is 14.8. The number of nitrogens with one attached hydrogen (secondary N) is 1. The molecule has 3 rings (SSSR count). The largest absolute Gasteiger partial charge is 0.326 e. The Morgan fingerprint density at radius 2 is 1.54 bits per heavy atom. The van der Waals surface area contributed by atoms with Gasteiger partial charge in [0.2, 0.25) is 15.9 Å². The van der Waals surface area contributed by atoms with Crippen LogP contribution in [-0.4, -0.2) is 37.5 Å². The van der Waals surface area contributed by atoms with E-state index in [9.17, 15) is 22.4 Å². The van der Waals surface area contributed by atoms with Crippen molar-refractivity contribution in [1.82, 2.24) is 4.31 Å². The number of benzene rings is 2. The Kier molecular flexibility index (Phi) is 6.21. The standard InChI is InChI=1S/C20H21FN2O4S/c21-16-5-3-15(4-6-16)19(24)11-12-20(25)22-17-7-9-18(10-8-17)28(26,27)23-13-1-2-14-23/h3-10H,1-2,11-14H2,(H,22,25). The van der Waals surface area contributed by atoms with Crippen molar-refractivity contribution in [2.75, 3.05) is 18.4 Å². The van der Waals surface area contributed by atoms with E-state index >= 15 is 0 Å². The first-order chi connectivity index (χ1) is 13.4. The van der Waals surface area contributed by atoms with Crippen LogP contribution in [0.1, 0.15) is 36.0 Å². The number of hydrogen-bond donors (Lipinski definition) is 1. The van der Waals surface area contributed by atoms with Gasteiger partial charge in [0.25, 0.3) is 0 Å². The van der Waals surface area contributed by atoms with Gasteiger partial charge in [-0.3, -0.25) is 9.59 Å². The molecule has 28 heavy (non-hydrogen) atoms. The number of carbonyl (C=O) groups excluding carboxylic acids is 2. The third-order valence-corrected chi connectivity index (χ3v) is 6.50. The van der Waals surface area contributed by atoms with E-state index in [2.05, 4.69) is 5.32 Å². The molecule has 8 heteroatoms. The molecular formula is C20H21FN2O4S. The van der Waals surface area contributed by atoms with Crippen molar-refractivity contribution in [3.05, 3.63) is 59.9 Å². The van der Waals surface area contributed by atoms with Crippen molar-refractivity contribution in [3.8, 4) is 0 Å². The summed E-state index contributed by atoms with van der Waals surface area (Å²) < 4.78 is 39.3. The van der Waals surface area contributed by atoms with Crippen molar-refractivity contribution in [1.29, 1.82) is 0 Å². The lowest BCUT2D eigenvalue weighted by Gasteiger charge is -2.15. The lowest BCUT2D eigenvalue weighted by molar-refractivity contribution is -0.116. The van der Waals surface area contributed by atoms with Gasteiger partial charge in [0.15, 0.2) is 5.78 Å². The fraction of sp³-hybridized carbons (Fsp3) is 0.300. The monoisotopic (exact) mass is 404 g/mol. The Balaban J connectivity index is 1.54. The summed E-state index contributed by atoms with van der Waals surface area (Å²) in [5.74, 6) is -1.03. The van der Waals surface area contributed by atoms with E-state index < -0.39 is 15.8 Å². The molecule has 0 aliphatic carbocycles. The van der Waals surface area contributed by atoms with E-state index in [4.69, 9.17) is 0 Å². The molecular weight excluding hydrogens is 383 g/mol. The molecule has 148 valence electrons. The highest BCUT2D eigenvalue weighted by Crippen LogP contribution is 2.22. The molecule has 1 fully saturated rings. The first-order valence-electron chi connectivity index (χ1n) is 9.05. The average molecular weight is 404 g/mol. The van der Waals surface area contributed by atoms with Crippen LogP contribution in [0.4, 0.5) is 10.1 Å². The van der Waals surface area contributed by atoms with Gasteiger partial charge in [-0.1, -0.05) is 0 Å². The van der Waals surface area contributed by atoms with Gasteiger partial charge in [0.05, 0.1) is 4.90 Å². The molecule has 1 aliphatic rings. The minimum absolute atomic E-state index is 0.00110. The Hall–Kier alpha value is -2.58. The van der Waals surface area contributed by atoms with E-state index in [0.29, 0.717) is 24.3 Å². The molecule has 0 bridgehead atoms. The van der Waals surface area contributed by atoms with Crippen molar-refractivity contribution in [3.63, 3.8) is 0 Å². The Morgan fingerprint density at radius 1 is 0.929 bits per heavy atom. The van der Waals surface area contributed by atoms with Gasteiger partial charge in [-0.05, 0) is 61.4 Å². The predicted molar refractivity (Wildman–Crippen MR) is 103 cm³/mol. The lowest BCUT2D eigenvalue weighted by atomic mass is 10.1. The summed E-state index contributed by atoms with van der Waals surface area (Å²) >= 11 is 0. The molecule has 1 aliphatic heterocycles. The molecule has 1 saturated heterocycles. The first kappa shape index (κ1) is 20.2. The average Bonchev–Trinajstić information content (AvgIpc) is 3.23. The van der Waals surface area contributed by atoms with E-state index in [0.717, 1.165) is 12.8 Å². The van der Waals surface area contributed by atoms with Gasteiger partial charge in [-0.2, -0.15) is 4.31 Å². The zero-order valence-electron chi connectivity index (χ0n) is 15.2. The lowest BCUT2D eigenvalue weighted by Crippen LogP contribution is -2.27. The molecule has 0 atom stereocenters. The van der Waals surface area contributed by atoms with Gasteiger partial charge in [-0.25, -0.2) is 12.8 Å². The molecule has 1 heterocycles. The van der Waals surface area contributed by atoms with Crippen LogP contribution in [-0.2, 0) is 14.8 Å². The third kappa shape index (κ3) is 4.82. The number of anilines is 1. The summed E-state index contributed by atoms with van der Waals surface area (Å²) in [5, 5.41) is 2.65. The van der Waals surface area contributed by atoms with Gasteiger partial charge < -0.3 is 5.32 Å². The molecule has 0 saturated carbocycles. The summed E-state index contributed by atoms with van der Waals surface area (Å²) in [4.78, 5) is 24.3. The van der Waals surface area contributed by atoms with Gasteiger partial charge in [0.1, 0.15) is 5.82 Å². The highest BCUT2D eigenvalue weighted by molar-refractivity contribution is 7.89. The SMILES string of the molecule is O=C(CCC(=O)c1ccc(F)cc1)Nc1ccc(S(=O)(=O)N2CCCC2)cc1. The van der Waals surface area contributed by atoms with Crippen LogP contribution in [0, 0.1) is 5.82 Å². The van der Waals surface area contributed by atoms with Crippen LogP contribution in [0.3, 0.4) is 0 Å². The quantitative estimate of drug-likeness (QED) is 0.719. The Morgan fingerprint density at radius 3 is 2.14 bits per heavy atom. The van der Waals surface area contributed by atoms with Crippen LogP contribution in [0.15, 0.2) is 53.4 Å². The van der Waals surface area contributed by atoms with Crippen LogP contribution in [0.5, 0.6) is 0 Å². The number of ketones is 1. The minimum Gasteiger partial charge on any atom is -0.326 e. The Bertz CT molecular complexity index is 951. The number of rotatable bonds is 7. The van der Waals surface area contributed by atoms with Gasteiger partial charge in [-0.15, -0.1) is 0 Å². The van der Waals surface area contributed by atoms with Gasteiger partial charge in [0, 0.05) is 37.2 Å². The molecule has 0 spiro atoms. The smallest absolute Gasteiger partial charge is 0.243 e. The summed E-state index contributed by atoms with van der Waals surface area (Å²) in [6.45, 7) is 1.06. The first-order valence-corrected chi connectivity index (χ1v) is 10.5. The highest BCUT2D eigenvalue weighted by atomic mass is 32.2. The fourth-order valence-electron chi connectivity index (χ4n) is 3.02. The number of halogens is 1. The maximum Gasteiger partial charge on any atom is 0.243 e. The molecule has 0 radical (unpaired) electrons. The summed E-state index contributed by atoms with van der Waals surface area (Å²) in [6.07, 6.45) is 1.71. The number of sulfonamides is 1. The van der Waals surface area contributed by atoms with Crippen LogP contribution in [0.2, 0.25) is 0 Å². The second kappa shape index (κ2) is 8.62. The molecule has 6 nitrogen and oxygen atoms in total. The van der Waals surface area contributed by atoms with Crippen LogP contribution >= 0.6 is 0 Å². The summed E-state index contributed by atoms with van der Waals surface area (Å²) in [5.41, 5.74) is 0.810. The van der Waals surface area contributed by atoms with Crippen molar-refractivity contribution in [2.45, 2.75) is 30.6 Å². The van der Waals surface area contributed by atoms with Gasteiger partial charge >= 0.3 is 0 Å². The zero-order chi connectivity index (χ0) is 20.1. The molecule has 2 aromatic carbocycles. The summed E-state index contributed by atoms with van der Waals surface area (Å²) in [6, 6.07) is 11.2. The van der Waals surface area contributed by atoms with E-state index in [-0.39, 0.29) is 29.4 Å². The number of carbonyl (C=O) groups is 2. The van der Waals surface area contributed by atoms with E-state index in [1.807, 2.05) is 0 Å².